The second-order valence-corrected chi connectivity index (χ2v) is 4.72. The van der Waals surface area contributed by atoms with Gasteiger partial charge in [-0.05, 0) is 31.5 Å². The maximum absolute atomic E-state index is 13.4. The normalized spacial score (nSPS) is 19.3. The van der Waals surface area contributed by atoms with Crippen LogP contribution in [-0.4, -0.2) is 41.7 Å². The van der Waals surface area contributed by atoms with E-state index < -0.39 is 29.0 Å². The van der Waals surface area contributed by atoms with E-state index in [-0.39, 0.29) is 19.2 Å². The lowest BCUT2D eigenvalue weighted by Gasteiger charge is -2.21. The molecule has 0 saturated carbocycles. The average Bonchev–Trinajstić information content (AvgIpc) is 2.86. The predicted molar refractivity (Wildman–Crippen MR) is 66.6 cm³/mol. The first-order valence-corrected chi connectivity index (χ1v) is 6.31. The third kappa shape index (κ3) is 3.10. The van der Waals surface area contributed by atoms with E-state index in [9.17, 15) is 18.0 Å². The third-order valence-electron chi connectivity index (χ3n) is 3.37. The maximum atomic E-state index is 13.4. The standard InChI is InChI=1S/C13H15F3N2O2/c14-9-3-4-10(13(16)12(9)15)17-11(20)6-18-5-1-2-8(18)7-19/h3-4,8,19H,1-2,5-7H2,(H,17,20)/t8-/m1/s1. The Hall–Kier alpha value is -1.60. The lowest BCUT2D eigenvalue weighted by Crippen LogP contribution is -2.38. The topological polar surface area (TPSA) is 52.6 Å². The fraction of sp³-hybridized carbons (Fsp3) is 0.462. The summed E-state index contributed by atoms with van der Waals surface area (Å²) in [6.45, 7) is 0.593. The number of amides is 1. The molecule has 0 spiro atoms. The number of carbonyl (C=O) groups is 1. The number of anilines is 1. The highest BCUT2D eigenvalue weighted by Gasteiger charge is 2.26. The van der Waals surface area contributed by atoms with Gasteiger partial charge in [-0.3, -0.25) is 9.69 Å². The summed E-state index contributed by atoms with van der Waals surface area (Å²) in [5.74, 6) is -4.87. The number of hydrogen-bond donors (Lipinski definition) is 2. The first-order valence-electron chi connectivity index (χ1n) is 6.31. The minimum atomic E-state index is -1.61. The van der Waals surface area contributed by atoms with Crippen LogP contribution in [-0.2, 0) is 4.79 Å². The van der Waals surface area contributed by atoms with Gasteiger partial charge in [0.1, 0.15) is 0 Å². The molecule has 20 heavy (non-hydrogen) atoms. The molecule has 1 aliphatic rings. The molecule has 7 heteroatoms. The van der Waals surface area contributed by atoms with Crippen LogP contribution in [0.3, 0.4) is 0 Å². The van der Waals surface area contributed by atoms with Crippen molar-refractivity contribution in [2.45, 2.75) is 18.9 Å². The van der Waals surface area contributed by atoms with Crippen LogP contribution in [0.15, 0.2) is 12.1 Å². The van der Waals surface area contributed by atoms with Crippen molar-refractivity contribution in [3.8, 4) is 0 Å². The minimum Gasteiger partial charge on any atom is -0.395 e. The highest BCUT2D eigenvalue weighted by atomic mass is 19.2. The van der Waals surface area contributed by atoms with Gasteiger partial charge in [0.05, 0.1) is 18.8 Å². The number of likely N-dealkylation sites (tertiary alicyclic amines) is 1. The van der Waals surface area contributed by atoms with Gasteiger partial charge in [-0.15, -0.1) is 0 Å². The van der Waals surface area contributed by atoms with Gasteiger partial charge in [0.2, 0.25) is 5.91 Å². The molecule has 2 N–H and O–H groups in total. The smallest absolute Gasteiger partial charge is 0.238 e. The van der Waals surface area contributed by atoms with Crippen LogP contribution in [0.1, 0.15) is 12.8 Å². The molecular formula is C13H15F3N2O2. The summed E-state index contributed by atoms with van der Waals surface area (Å²) < 4.78 is 39.2. The van der Waals surface area contributed by atoms with Gasteiger partial charge in [0.25, 0.3) is 0 Å². The van der Waals surface area contributed by atoms with Gasteiger partial charge in [0.15, 0.2) is 17.5 Å². The molecule has 0 bridgehead atoms. The number of nitrogens with one attached hydrogen (secondary N) is 1. The molecule has 0 unspecified atom stereocenters. The van der Waals surface area contributed by atoms with E-state index in [1.165, 1.54) is 0 Å². The molecule has 2 rings (SSSR count). The number of aliphatic hydroxyl groups is 1. The van der Waals surface area contributed by atoms with Crippen LogP contribution in [0, 0.1) is 17.5 Å². The largest absolute Gasteiger partial charge is 0.395 e. The number of halogens is 3. The Labute approximate surface area is 114 Å². The lowest BCUT2D eigenvalue weighted by atomic mass is 10.2. The summed E-state index contributed by atoms with van der Waals surface area (Å²) in [6.07, 6.45) is 1.67. The monoisotopic (exact) mass is 288 g/mol. The van der Waals surface area contributed by atoms with Crippen molar-refractivity contribution in [3.05, 3.63) is 29.6 Å². The first-order chi connectivity index (χ1) is 9.52. The molecule has 1 aromatic rings. The Kier molecular flexibility index (Phi) is 4.61. The molecule has 0 aliphatic carbocycles. The summed E-state index contributed by atoms with van der Waals surface area (Å²) in [4.78, 5) is 13.5. The Bertz CT molecular complexity index is 511. The zero-order valence-corrected chi connectivity index (χ0v) is 10.7. The number of carbonyl (C=O) groups excluding carboxylic acids is 1. The van der Waals surface area contributed by atoms with Gasteiger partial charge in [-0.1, -0.05) is 0 Å². The number of aliphatic hydroxyl groups excluding tert-OH is 1. The summed E-state index contributed by atoms with van der Waals surface area (Å²) in [7, 11) is 0. The van der Waals surface area contributed by atoms with Gasteiger partial charge in [0, 0.05) is 6.04 Å². The molecule has 1 aromatic carbocycles. The molecule has 1 aliphatic heterocycles. The molecule has 1 atom stereocenters. The van der Waals surface area contributed by atoms with E-state index in [0.29, 0.717) is 6.54 Å². The van der Waals surface area contributed by atoms with Gasteiger partial charge in [-0.25, -0.2) is 13.2 Å². The minimum absolute atomic E-state index is 0.0241. The van der Waals surface area contributed by atoms with Gasteiger partial charge < -0.3 is 10.4 Å². The molecule has 1 fully saturated rings. The quantitative estimate of drug-likeness (QED) is 0.826. The number of nitrogens with zero attached hydrogens (tertiary/aromatic N) is 1. The van der Waals surface area contributed by atoms with Crippen LogP contribution in [0.2, 0.25) is 0 Å². The Balaban J connectivity index is 2.00. The van der Waals surface area contributed by atoms with Crippen LogP contribution in [0.25, 0.3) is 0 Å². The van der Waals surface area contributed by atoms with E-state index >= 15 is 0 Å². The van der Waals surface area contributed by atoms with Crippen molar-refractivity contribution in [2.24, 2.45) is 0 Å². The van der Waals surface area contributed by atoms with Crippen LogP contribution in [0.5, 0.6) is 0 Å². The van der Waals surface area contributed by atoms with Crippen molar-refractivity contribution >= 4 is 11.6 Å². The van der Waals surface area contributed by atoms with Crippen molar-refractivity contribution in [3.63, 3.8) is 0 Å². The van der Waals surface area contributed by atoms with Crippen LogP contribution < -0.4 is 5.32 Å². The molecule has 1 amide bonds. The molecule has 4 nitrogen and oxygen atoms in total. The second-order valence-electron chi connectivity index (χ2n) is 4.72. The van der Waals surface area contributed by atoms with E-state index in [4.69, 9.17) is 5.11 Å². The zero-order chi connectivity index (χ0) is 14.7. The van der Waals surface area contributed by atoms with Crippen molar-refractivity contribution < 1.29 is 23.1 Å². The van der Waals surface area contributed by atoms with Crippen molar-refractivity contribution in [2.75, 3.05) is 25.0 Å². The third-order valence-corrected chi connectivity index (χ3v) is 3.37. The SMILES string of the molecule is O=C(CN1CCC[C@@H]1CO)Nc1ccc(F)c(F)c1F. The van der Waals surface area contributed by atoms with E-state index in [0.717, 1.165) is 25.0 Å². The fourth-order valence-electron chi connectivity index (χ4n) is 2.31. The van der Waals surface area contributed by atoms with Crippen LogP contribution >= 0.6 is 0 Å². The Morgan fingerprint density at radius 2 is 2.10 bits per heavy atom. The van der Waals surface area contributed by atoms with E-state index in [1.807, 2.05) is 0 Å². The van der Waals surface area contributed by atoms with Crippen molar-refractivity contribution in [1.29, 1.82) is 0 Å². The maximum Gasteiger partial charge on any atom is 0.238 e. The number of benzene rings is 1. The Morgan fingerprint density at radius 3 is 2.80 bits per heavy atom. The highest BCUT2D eigenvalue weighted by Crippen LogP contribution is 2.20. The Morgan fingerprint density at radius 1 is 1.35 bits per heavy atom. The zero-order valence-electron chi connectivity index (χ0n) is 10.7. The average molecular weight is 288 g/mol. The number of hydrogen-bond acceptors (Lipinski definition) is 3. The summed E-state index contributed by atoms with van der Waals surface area (Å²) in [5.41, 5.74) is -0.395. The molecule has 0 aromatic heterocycles. The molecule has 110 valence electrons. The summed E-state index contributed by atoms with van der Waals surface area (Å²) in [5, 5.41) is 11.3. The molecule has 1 heterocycles. The molecular weight excluding hydrogens is 273 g/mol. The van der Waals surface area contributed by atoms with Crippen LogP contribution in [0.4, 0.5) is 18.9 Å². The molecule has 0 radical (unpaired) electrons. The highest BCUT2D eigenvalue weighted by molar-refractivity contribution is 5.92. The van der Waals surface area contributed by atoms with E-state index in [2.05, 4.69) is 5.32 Å². The van der Waals surface area contributed by atoms with E-state index in [1.54, 1.807) is 4.90 Å². The lowest BCUT2D eigenvalue weighted by molar-refractivity contribution is -0.117. The van der Waals surface area contributed by atoms with Crippen molar-refractivity contribution in [1.82, 2.24) is 4.90 Å². The predicted octanol–water partition coefficient (Wildman–Crippen LogP) is 1.50. The fourth-order valence-corrected chi connectivity index (χ4v) is 2.31. The molecule has 1 saturated heterocycles. The first kappa shape index (κ1) is 14.8. The summed E-state index contributed by atoms with van der Waals surface area (Å²) >= 11 is 0. The van der Waals surface area contributed by atoms with Gasteiger partial charge in [-0.2, -0.15) is 0 Å². The number of rotatable bonds is 4. The second kappa shape index (κ2) is 6.23. The summed E-state index contributed by atoms with van der Waals surface area (Å²) in [6, 6.07) is 1.63. The van der Waals surface area contributed by atoms with Gasteiger partial charge >= 0.3 is 0 Å².